The molecule has 1 aliphatic rings. The topological polar surface area (TPSA) is 28.2 Å². The Morgan fingerprint density at radius 1 is 1.50 bits per heavy atom. The average Bonchev–Trinajstić information content (AvgIpc) is 2.96. The standard InChI is InChI=1S/C14H25N3S/c1-5-13-8-15-14(18-13)11(4)16-12-6-7-17(9-12)10(2)3/h8,10-12,16H,5-7,9H2,1-4H3. The van der Waals surface area contributed by atoms with Crippen LogP contribution in [0.1, 0.15) is 50.0 Å². The van der Waals surface area contributed by atoms with Crippen molar-refractivity contribution in [3.05, 3.63) is 16.1 Å². The van der Waals surface area contributed by atoms with E-state index < -0.39 is 0 Å². The number of nitrogens with one attached hydrogen (secondary N) is 1. The minimum Gasteiger partial charge on any atom is -0.304 e. The Morgan fingerprint density at radius 3 is 2.83 bits per heavy atom. The number of hydrogen-bond acceptors (Lipinski definition) is 4. The molecule has 18 heavy (non-hydrogen) atoms. The van der Waals surface area contributed by atoms with E-state index in [4.69, 9.17) is 0 Å². The van der Waals surface area contributed by atoms with Gasteiger partial charge in [-0.05, 0) is 40.2 Å². The maximum absolute atomic E-state index is 4.53. The quantitative estimate of drug-likeness (QED) is 0.889. The molecule has 1 aromatic rings. The van der Waals surface area contributed by atoms with Crippen molar-refractivity contribution >= 4 is 11.3 Å². The van der Waals surface area contributed by atoms with Gasteiger partial charge in [-0.3, -0.25) is 4.90 Å². The van der Waals surface area contributed by atoms with Gasteiger partial charge in [0.05, 0.1) is 6.04 Å². The second-order valence-electron chi connectivity index (χ2n) is 5.48. The number of thiazole rings is 1. The molecule has 0 radical (unpaired) electrons. The fourth-order valence-electron chi connectivity index (χ4n) is 2.50. The van der Waals surface area contributed by atoms with E-state index in [1.165, 1.54) is 29.4 Å². The number of rotatable bonds is 5. The van der Waals surface area contributed by atoms with Crippen LogP contribution in [0.15, 0.2) is 6.20 Å². The third kappa shape index (κ3) is 3.31. The lowest BCUT2D eigenvalue weighted by Gasteiger charge is -2.22. The minimum absolute atomic E-state index is 0.382. The molecule has 4 heteroatoms. The summed E-state index contributed by atoms with van der Waals surface area (Å²) in [7, 11) is 0. The summed E-state index contributed by atoms with van der Waals surface area (Å²) in [5, 5.41) is 4.95. The monoisotopic (exact) mass is 267 g/mol. The highest BCUT2D eigenvalue weighted by Gasteiger charge is 2.25. The number of nitrogens with zero attached hydrogens (tertiary/aromatic N) is 2. The maximum atomic E-state index is 4.53. The first-order chi connectivity index (χ1) is 8.60. The van der Waals surface area contributed by atoms with Gasteiger partial charge in [0.25, 0.3) is 0 Å². The molecule has 0 amide bonds. The summed E-state index contributed by atoms with van der Waals surface area (Å²) in [5.41, 5.74) is 0. The zero-order valence-electron chi connectivity index (χ0n) is 11.9. The molecule has 1 aliphatic heterocycles. The van der Waals surface area contributed by atoms with Crippen molar-refractivity contribution in [3.8, 4) is 0 Å². The Balaban J connectivity index is 1.86. The van der Waals surface area contributed by atoms with Crippen molar-refractivity contribution in [2.75, 3.05) is 13.1 Å². The molecular weight excluding hydrogens is 242 g/mol. The fourth-order valence-corrected chi connectivity index (χ4v) is 3.37. The zero-order valence-corrected chi connectivity index (χ0v) is 12.8. The van der Waals surface area contributed by atoms with Crippen LogP contribution in [0, 0.1) is 0 Å². The van der Waals surface area contributed by atoms with Crippen molar-refractivity contribution in [1.82, 2.24) is 15.2 Å². The van der Waals surface area contributed by atoms with E-state index in [0.29, 0.717) is 18.1 Å². The lowest BCUT2D eigenvalue weighted by Crippen LogP contribution is -2.36. The predicted octanol–water partition coefficient (Wildman–Crippen LogP) is 2.84. The summed E-state index contributed by atoms with van der Waals surface area (Å²) in [6.07, 6.45) is 4.37. The molecular formula is C14H25N3S. The van der Waals surface area contributed by atoms with Gasteiger partial charge in [0.2, 0.25) is 0 Å². The molecule has 0 saturated carbocycles. The molecule has 1 saturated heterocycles. The molecule has 102 valence electrons. The second kappa shape index (κ2) is 6.13. The van der Waals surface area contributed by atoms with Gasteiger partial charge in [0.15, 0.2) is 0 Å². The number of aryl methyl sites for hydroxylation is 1. The Morgan fingerprint density at radius 2 is 2.28 bits per heavy atom. The zero-order chi connectivity index (χ0) is 13.1. The number of aromatic nitrogens is 1. The normalized spacial score (nSPS) is 22.8. The molecule has 0 aromatic carbocycles. The highest BCUT2D eigenvalue weighted by molar-refractivity contribution is 7.11. The van der Waals surface area contributed by atoms with Gasteiger partial charge >= 0.3 is 0 Å². The van der Waals surface area contributed by atoms with E-state index in [1.54, 1.807) is 0 Å². The Labute approximate surface area is 115 Å². The molecule has 0 spiro atoms. The Bertz CT molecular complexity index is 375. The molecule has 3 nitrogen and oxygen atoms in total. The van der Waals surface area contributed by atoms with E-state index >= 15 is 0 Å². The van der Waals surface area contributed by atoms with E-state index in [9.17, 15) is 0 Å². The van der Waals surface area contributed by atoms with Crippen molar-refractivity contribution in [1.29, 1.82) is 0 Å². The molecule has 1 N–H and O–H groups in total. The van der Waals surface area contributed by atoms with Crippen LogP contribution in [0.4, 0.5) is 0 Å². The first-order valence-electron chi connectivity index (χ1n) is 7.04. The molecule has 2 rings (SSSR count). The Hall–Kier alpha value is -0.450. The van der Waals surface area contributed by atoms with E-state index in [1.807, 2.05) is 17.5 Å². The summed E-state index contributed by atoms with van der Waals surface area (Å²) in [6, 6.07) is 1.67. The Kier molecular flexibility index (Phi) is 4.76. The van der Waals surface area contributed by atoms with Gasteiger partial charge < -0.3 is 5.32 Å². The third-order valence-corrected chi connectivity index (χ3v) is 5.05. The van der Waals surface area contributed by atoms with E-state index in [-0.39, 0.29) is 0 Å². The summed E-state index contributed by atoms with van der Waals surface area (Å²) in [4.78, 5) is 8.45. The van der Waals surface area contributed by atoms with Crippen LogP contribution in [0.25, 0.3) is 0 Å². The smallest absolute Gasteiger partial charge is 0.109 e. The molecule has 2 unspecified atom stereocenters. The van der Waals surface area contributed by atoms with Crippen molar-refractivity contribution in [3.63, 3.8) is 0 Å². The number of likely N-dealkylation sites (tertiary alicyclic amines) is 1. The van der Waals surface area contributed by atoms with Gasteiger partial charge in [-0.1, -0.05) is 6.92 Å². The molecule has 1 fully saturated rings. The van der Waals surface area contributed by atoms with Crippen LogP contribution in [0.5, 0.6) is 0 Å². The predicted molar refractivity (Wildman–Crippen MR) is 78.2 cm³/mol. The van der Waals surface area contributed by atoms with Crippen molar-refractivity contribution in [2.45, 2.75) is 58.7 Å². The average molecular weight is 267 g/mol. The molecule has 0 aliphatic carbocycles. The van der Waals surface area contributed by atoms with Gasteiger partial charge in [0, 0.05) is 29.7 Å². The van der Waals surface area contributed by atoms with E-state index in [0.717, 1.165) is 6.42 Å². The fraction of sp³-hybridized carbons (Fsp3) is 0.786. The highest BCUT2D eigenvalue weighted by atomic mass is 32.1. The first-order valence-corrected chi connectivity index (χ1v) is 7.86. The van der Waals surface area contributed by atoms with Crippen LogP contribution in [-0.4, -0.2) is 35.1 Å². The molecule has 0 bridgehead atoms. The van der Waals surface area contributed by atoms with Gasteiger partial charge in [0.1, 0.15) is 5.01 Å². The van der Waals surface area contributed by atoms with Gasteiger partial charge in [-0.15, -0.1) is 11.3 Å². The largest absolute Gasteiger partial charge is 0.304 e. The van der Waals surface area contributed by atoms with E-state index in [2.05, 4.69) is 42.9 Å². The third-order valence-electron chi connectivity index (χ3n) is 3.73. The SMILES string of the molecule is CCc1cnc(C(C)NC2CCN(C(C)C)C2)s1. The van der Waals surface area contributed by atoms with Crippen LogP contribution >= 0.6 is 11.3 Å². The van der Waals surface area contributed by atoms with Crippen molar-refractivity contribution in [2.24, 2.45) is 0 Å². The van der Waals surface area contributed by atoms with Crippen molar-refractivity contribution < 1.29 is 0 Å². The lowest BCUT2D eigenvalue weighted by molar-refractivity contribution is 0.266. The summed E-state index contributed by atoms with van der Waals surface area (Å²) in [6.45, 7) is 11.4. The highest BCUT2D eigenvalue weighted by Crippen LogP contribution is 2.22. The van der Waals surface area contributed by atoms with Crippen LogP contribution in [0.2, 0.25) is 0 Å². The minimum atomic E-state index is 0.382. The molecule has 2 heterocycles. The van der Waals surface area contributed by atoms with Crippen LogP contribution in [-0.2, 0) is 6.42 Å². The summed E-state index contributed by atoms with van der Waals surface area (Å²) >= 11 is 1.84. The van der Waals surface area contributed by atoms with Crippen LogP contribution < -0.4 is 5.32 Å². The first kappa shape index (κ1) is 14.0. The lowest BCUT2D eigenvalue weighted by atomic mass is 10.2. The maximum Gasteiger partial charge on any atom is 0.109 e. The molecule has 2 atom stereocenters. The van der Waals surface area contributed by atoms with Gasteiger partial charge in [-0.25, -0.2) is 4.98 Å². The number of hydrogen-bond donors (Lipinski definition) is 1. The summed E-state index contributed by atoms with van der Waals surface area (Å²) in [5.74, 6) is 0. The molecule has 1 aromatic heterocycles. The van der Waals surface area contributed by atoms with Crippen LogP contribution in [0.3, 0.4) is 0 Å². The summed E-state index contributed by atoms with van der Waals surface area (Å²) < 4.78 is 0. The van der Waals surface area contributed by atoms with Gasteiger partial charge in [-0.2, -0.15) is 0 Å². The second-order valence-corrected chi connectivity index (χ2v) is 6.63.